The van der Waals surface area contributed by atoms with Gasteiger partial charge in [-0.2, -0.15) is 5.26 Å². The van der Waals surface area contributed by atoms with Crippen molar-refractivity contribution >= 4 is 5.82 Å². The summed E-state index contributed by atoms with van der Waals surface area (Å²) in [5.41, 5.74) is 4.95. The van der Waals surface area contributed by atoms with Crippen LogP contribution in [-0.2, 0) is 0 Å². The number of aromatic nitrogens is 1. The smallest absolute Gasteiger partial charge is 0.261 e. The average Bonchev–Trinajstić information content (AvgIpc) is 2.79. The molecule has 0 saturated carbocycles. The van der Waals surface area contributed by atoms with Crippen LogP contribution >= 0.6 is 0 Å². The maximum atomic E-state index is 10.1. The first-order chi connectivity index (χ1) is 14.3. The third-order valence-electron chi connectivity index (χ3n) is 5.21. The molecule has 0 radical (unpaired) electrons. The maximum Gasteiger partial charge on any atom is 0.293 e. The highest BCUT2D eigenvalue weighted by Gasteiger charge is 2.25. The molecule has 1 N–H and O–H groups in total. The van der Waals surface area contributed by atoms with E-state index in [4.69, 9.17) is 0 Å². The Labute approximate surface area is 174 Å². The highest BCUT2D eigenvalue weighted by Crippen LogP contribution is 2.31. The molecule has 0 aliphatic carbocycles. The number of H-pyrrole nitrogens is 1. The molecule has 0 saturated heterocycles. The lowest BCUT2D eigenvalue weighted by molar-refractivity contribution is -0.350. The molecule has 0 unspecified atom stereocenters. The van der Waals surface area contributed by atoms with E-state index in [1.165, 1.54) is 0 Å². The van der Waals surface area contributed by atoms with E-state index in [1.807, 2.05) is 24.3 Å². The van der Waals surface area contributed by atoms with E-state index >= 15 is 0 Å². The number of benzene rings is 2. The predicted octanol–water partition coefficient (Wildman–Crippen LogP) is 6.11. The Hall–Kier alpha value is -3.12. The van der Waals surface area contributed by atoms with E-state index in [0.29, 0.717) is 0 Å². The first-order valence-electron chi connectivity index (χ1n) is 10.6. The number of nitrogens with zero attached hydrogens (tertiary/aromatic N) is 2. The van der Waals surface area contributed by atoms with Crippen LogP contribution in [0.15, 0.2) is 66.7 Å². The predicted molar refractivity (Wildman–Crippen MR) is 121 cm³/mol. The van der Waals surface area contributed by atoms with Crippen LogP contribution in [0.3, 0.4) is 0 Å². The monoisotopic (exact) mass is 384 g/mol. The van der Waals surface area contributed by atoms with Gasteiger partial charge in [-0.3, -0.25) is 4.90 Å². The van der Waals surface area contributed by atoms with Gasteiger partial charge in [0, 0.05) is 11.1 Å². The molecule has 1 heterocycles. The molecule has 29 heavy (non-hydrogen) atoms. The Morgan fingerprint density at radius 2 is 1.38 bits per heavy atom. The van der Waals surface area contributed by atoms with Crippen LogP contribution < -0.4 is 9.88 Å². The average molecular weight is 385 g/mol. The molecule has 0 bridgehead atoms. The van der Waals surface area contributed by atoms with Crippen LogP contribution in [0.1, 0.15) is 45.1 Å². The molecule has 0 aliphatic heterocycles. The summed E-state index contributed by atoms with van der Waals surface area (Å²) >= 11 is 0. The molecule has 0 amide bonds. The zero-order chi connectivity index (χ0) is 20.5. The van der Waals surface area contributed by atoms with E-state index in [2.05, 4.69) is 72.3 Å². The van der Waals surface area contributed by atoms with Gasteiger partial charge in [0.1, 0.15) is 17.3 Å². The van der Waals surface area contributed by atoms with E-state index in [9.17, 15) is 5.26 Å². The van der Waals surface area contributed by atoms with Gasteiger partial charge in [0.15, 0.2) is 0 Å². The zero-order valence-electron chi connectivity index (χ0n) is 17.5. The van der Waals surface area contributed by atoms with Gasteiger partial charge in [-0.1, -0.05) is 87.4 Å². The van der Waals surface area contributed by atoms with Gasteiger partial charge in [-0.25, -0.2) is 4.98 Å². The summed E-state index contributed by atoms with van der Waals surface area (Å²) in [5.74, 6) is 0.939. The molecule has 3 rings (SSSR count). The summed E-state index contributed by atoms with van der Waals surface area (Å²) < 4.78 is 0. The van der Waals surface area contributed by atoms with Gasteiger partial charge >= 0.3 is 0 Å². The Kier molecular flexibility index (Phi) is 7.41. The van der Waals surface area contributed by atoms with Crippen molar-refractivity contribution in [2.24, 2.45) is 0 Å². The molecule has 0 fully saturated rings. The van der Waals surface area contributed by atoms with Gasteiger partial charge in [0.05, 0.1) is 13.1 Å². The minimum Gasteiger partial charge on any atom is -0.261 e. The maximum absolute atomic E-state index is 10.1. The number of anilines is 1. The lowest BCUT2D eigenvalue weighted by atomic mass is 9.98. The van der Waals surface area contributed by atoms with Crippen molar-refractivity contribution in [3.63, 3.8) is 0 Å². The number of pyridine rings is 1. The van der Waals surface area contributed by atoms with E-state index < -0.39 is 0 Å². The first kappa shape index (κ1) is 20.6. The van der Waals surface area contributed by atoms with Crippen molar-refractivity contribution in [1.29, 1.82) is 5.26 Å². The third-order valence-corrected chi connectivity index (χ3v) is 5.21. The van der Waals surface area contributed by atoms with Crippen LogP contribution in [-0.4, -0.2) is 13.1 Å². The number of hydrogen-bond donors (Lipinski definition) is 0. The molecule has 0 aliphatic rings. The summed E-state index contributed by atoms with van der Waals surface area (Å²) in [6, 6.07) is 25.2. The van der Waals surface area contributed by atoms with Gasteiger partial charge in [0.2, 0.25) is 0 Å². The molecule has 3 nitrogen and oxygen atoms in total. The fourth-order valence-corrected chi connectivity index (χ4v) is 3.57. The lowest BCUT2D eigenvalue weighted by Gasteiger charge is -2.19. The number of aromatic amines is 1. The molecule has 3 heteroatoms. The van der Waals surface area contributed by atoms with Crippen molar-refractivity contribution < 1.29 is 4.98 Å². The van der Waals surface area contributed by atoms with E-state index in [1.54, 1.807) is 0 Å². The number of nitriles is 1. The molecule has 3 aromatic rings. The Bertz CT molecular complexity index is 935. The van der Waals surface area contributed by atoms with Crippen LogP contribution in [0, 0.1) is 11.3 Å². The highest BCUT2D eigenvalue weighted by molar-refractivity contribution is 5.78. The third kappa shape index (κ3) is 5.03. The van der Waals surface area contributed by atoms with Crippen LogP contribution in [0.25, 0.3) is 22.4 Å². The second-order valence-electron chi connectivity index (χ2n) is 7.36. The van der Waals surface area contributed by atoms with Crippen molar-refractivity contribution in [2.45, 2.75) is 39.5 Å². The van der Waals surface area contributed by atoms with Gasteiger partial charge in [0.25, 0.3) is 5.82 Å². The van der Waals surface area contributed by atoms with Crippen molar-refractivity contribution in [1.82, 2.24) is 0 Å². The van der Waals surface area contributed by atoms with Crippen molar-refractivity contribution in [3.8, 4) is 28.5 Å². The molecule has 1 aromatic heterocycles. The largest absolute Gasteiger partial charge is 0.293 e. The van der Waals surface area contributed by atoms with Crippen LogP contribution in [0.4, 0.5) is 5.82 Å². The number of hydrogen-bond acceptors (Lipinski definition) is 2. The summed E-state index contributed by atoms with van der Waals surface area (Å²) in [5, 5.41) is 10.1. The van der Waals surface area contributed by atoms with E-state index in [0.717, 1.165) is 72.5 Å². The molecular weight excluding hydrogens is 354 g/mol. The normalized spacial score (nSPS) is 10.5. The standard InChI is InChI=1S/C26H29N3/c1-3-5-17-29(18-6-4-2)26-24(20-27)23(21-13-9-7-10-14-21)19-25(28-26)22-15-11-8-12-16-22/h7-16,19H,3-6,17-18H2,1-2H3/p+1. The second kappa shape index (κ2) is 10.4. The first-order valence-corrected chi connectivity index (χ1v) is 10.6. The van der Waals surface area contributed by atoms with Gasteiger partial charge < -0.3 is 0 Å². The Morgan fingerprint density at radius 1 is 0.828 bits per heavy atom. The van der Waals surface area contributed by atoms with Gasteiger partial charge in [-0.05, 0) is 24.5 Å². The number of unbranched alkanes of at least 4 members (excludes halogenated alkanes) is 2. The Balaban J connectivity index is 2.20. The number of rotatable bonds is 9. The summed E-state index contributed by atoms with van der Waals surface area (Å²) in [6.07, 6.45) is 4.49. The minimum atomic E-state index is 0.725. The van der Waals surface area contributed by atoms with Gasteiger partial charge in [-0.15, -0.1) is 0 Å². The topological polar surface area (TPSA) is 41.2 Å². The molecular formula is C26H30N3+. The van der Waals surface area contributed by atoms with Crippen molar-refractivity contribution in [3.05, 3.63) is 72.3 Å². The second-order valence-corrected chi connectivity index (χ2v) is 7.36. The molecule has 0 atom stereocenters. The van der Waals surface area contributed by atoms with Crippen LogP contribution in [0.2, 0.25) is 0 Å². The fourth-order valence-electron chi connectivity index (χ4n) is 3.57. The Morgan fingerprint density at radius 3 is 1.90 bits per heavy atom. The van der Waals surface area contributed by atoms with E-state index in [-0.39, 0.29) is 0 Å². The molecule has 0 spiro atoms. The minimum absolute atomic E-state index is 0.725. The zero-order valence-corrected chi connectivity index (χ0v) is 17.5. The fraction of sp³-hybridized carbons (Fsp3) is 0.308. The summed E-state index contributed by atoms with van der Waals surface area (Å²) in [4.78, 5) is 5.98. The molecule has 2 aromatic carbocycles. The lowest BCUT2D eigenvalue weighted by Crippen LogP contribution is -2.33. The van der Waals surface area contributed by atoms with Crippen molar-refractivity contribution in [2.75, 3.05) is 18.0 Å². The SMILES string of the molecule is CCCCN(CCCC)c1[nH+]c(-c2ccccc2)cc(-c2ccccc2)c1C#N. The van der Waals surface area contributed by atoms with Crippen LogP contribution in [0.5, 0.6) is 0 Å². The molecule has 148 valence electrons. The summed E-state index contributed by atoms with van der Waals surface area (Å²) in [6.45, 7) is 6.33. The number of nitrogens with one attached hydrogen (secondary N) is 1. The summed E-state index contributed by atoms with van der Waals surface area (Å²) in [7, 11) is 0. The quantitative estimate of drug-likeness (QED) is 0.446. The highest BCUT2D eigenvalue weighted by atomic mass is 15.2.